The van der Waals surface area contributed by atoms with Crippen molar-refractivity contribution in [2.45, 2.75) is 32.7 Å². The molecule has 1 N–H and O–H groups in total. The lowest BCUT2D eigenvalue weighted by atomic mass is 10.0. The molecule has 6 heteroatoms. The Balaban J connectivity index is 1.32. The minimum absolute atomic E-state index is 0.0115. The van der Waals surface area contributed by atoms with Crippen LogP contribution < -0.4 is 5.32 Å². The highest BCUT2D eigenvalue weighted by atomic mass is 16.2. The van der Waals surface area contributed by atoms with Gasteiger partial charge in [-0.05, 0) is 49.1 Å². The third-order valence-corrected chi connectivity index (χ3v) is 6.25. The normalized spacial score (nSPS) is 22.6. The summed E-state index contributed by atoms with van der Waals surface area (Å²) in [5.74, 6) is 0.172. The number of likely N-dealkylation sites (tertiary alicyclic amines) is 1. The fourth-order valence-electron chi connectivity index (χ4n) is 4.37. The van der Waals surface area contributed by atoms with E-state index in [0.29, 0.717) is 19.6 Å². The van der Waals surface area contributed by atoms with Crippen LogP contribution >= 0.6 is 0 Å². The number of urea groups is 1. The smallest absolute Gasteiger partial charge is 0.321 e. The Kier molecular flexibility index (Phi) is 5.26. The molecule has 6 nitrogen and oxygen atoms in total. The van der Waals surface area contributed by atoms with Gasteiger partial charge in [0.05, 0.1) is 12.2 Å². The number of rotatable bonds is 5. The average molecular weight is 393 g/mol. The fraction of sp³-hybridized carbons (Fsp3) is 0.435. The monoisotopic (exact) mass is 392 g/mol. The first kappa shape index (κ1) is 19.4. The maximum absolute atomic E-state index is 12.9. The fourth-order valence-corrected chi connectivity index (χ4v) is 4.37. The molecule has 2 atom stereocenters. The molecule has 1 aromatic heterocycles. The van der Waals surface area contributed by atoms with Crippen molar-refractivity contribution >= 4 is 17.6 Å². The van der Waals surface area contributed by atoms with E-state index < -0.39 is 0 Å². The largest absolute Gasteiger partial charge is 0.340 e. The zero-order chi connectivity index (χ0) is 20.4. The minimum atomic E-state index is -0.0740. The number of carbonyl (C=O) groups excluding carboxylic acids is 2. The summed E-state index contributed by atoms with van der Waals surface area (Å²) in [7, 11) is 1.84. The Labute approximate surface area is 171 Å². The number of benzene rings is 1. The van der Waals surface area contributed by atoms with E-state index in [9.17, 15) is 9.59 Å². The third kappa shape index (κ3) is 4.11. The highest BCUT2D eigenvalue weighted by molar-refractivity contribution is 5.90. The summed E-state index contributed by atoms with van der Waals surface area (Å²) in [5, 5.41) is 3.01. The number of nitrogens with one attached hydrogen (secondary N) is 1. The van der Waals surface area contributed by atoms with Crippen LogP contribution in [0.25, 0.3) is 0 Å². The van der Waals surface area contributed by atoms with Gasteiger partial charge in [0.1, 0.15) is 0 Å². The highest BCUT2D eigenvalue weighted by Crippen LogP contribution is 2.59. The molecule has 2 aromatic rings. The molecule has 2 fully saturated rings. The number of nitrogens with zero attached hydrogens (tertiary/aromatic N) is 3. The molecule has 3 amide bonds. The molecule has 1 aliphatic carbocycles. The Hall–Kier alpha value is -2.89. The van der Waals surface area contributed by atoms with Gasteiger partial charge in [0.15, 0.2) is 0 Å². The second-order valence-electron chi connectivity index (χ2n) is 8.29. The predicted molar refractivity (Wildman–Crippen MR) is 112 cm³/mol. The Morgan fingerprint density at radius 3 is 2.90 bits per heavy atom. The van der Waals surface area contributed by atoms with Gasteiger partial charge in [-0.1, -0.05) is 25.1 Å². The van der Waals surface area contributed by atoms with Crippen LogP contribution in [0.2, 0.25) is 0 Å². The molecule has 0 unspecified atom stereocenters. The lowest BCUT2D eigenvalue weighted by Gasteiger charge is -2.20. The molecule has 0 radical (unpaired) electrons. The van der Waals surface area contributed by atoms with Crippen LogP contribution in [-0.2, 0) is 17.8 Å². The summed E-state index contributed by atoms with van der Waals surface area (Å²) in [6.07, 6.45) is 4.44. The highest BCUT2D eigenvalue weighted by Gasteiger charge is 2.61. The molecule has 0 bridgehead atoms. The Morgan fingerprint density at radius 2 is 2.14 bits per heavy atom. The predicted octanol–water partition coefficient (Wildman–Crippen LogP) is 3.55. The number of amides is 3. The van der Waals surface area contributed by atoms with Gasteiger partial charge < -0.3 is 15.1 Å². The summed E-state index contributed by atoms with van der Waals surface area (Å²) in [5.41, 5.74) is 2.87. The molecule has 1 saturated carbocycles. The van der Waals surface area contributed by atoms with E-state index in [-0.39, 0.29) is 23.3 Å². The number of anilines is 1. The van der Waals surface area contributed by atoms with E-state index in [0.717, 1.165) is 30.6 Å². The summed E-state index contributed by atoms with van der Waals surface area (Å²) < 4.78 is 0. The molecule has 1 aromatic carbocycles. The molecule has 152 valence electrons. The van der Waals surface area contributed by atoms with E-state index in [1.54, 1.807) is 11.1 Å². The van der Waals surface area contributed by atoms with Crippen molar-refractivity contribution in [1.82, 2.24) is 14.8 Å². The summed E-state index contributed by atoms with van der Waals surface area (Å²) >= 11 is 0. The number of hydrogen-bond donors (Lipinski definition) is 1. The third-order valence-electron chi connectivity index (χ3n) is 6.25. The Bertz CT molecular complexity index is 901. The molecule has 29 heavy (non-hydrogen) atoms. The second kappa shape index (κ2) is 7.85. The standard InChI is InChI=1S/C23H28N4O2/c1-3-17-7-6-9-18(13-17)25-22(29)27-12-10-23(16-27)14-20(23)21(28)26(2)15-19-8-4-5-11-24-19/h4-9,11,13,20H,3,10,12,14-16H2,1-2H3,(H,25,29)/t20-,23-/m0/s1. The molecule has 2 aliphatic rings. The van der Waals surface area contributed by atoms with Crippen molar-refractivity contribution in [2.75, 3.05) is 25.5 Å². The molecule has 1 saturated heterocycles. The van der Waals surface area contributed by atoms with Gasteiger partial charge in [0, 0.05) is 43.4 Å². The van der Waals surface area contributed by atoms with Crippen LogP contribution in [0.15, 0.2) is 48.7 Å². The molecular formula is C23H28N4O2. The topological polar surface area (TPSA) is 65.5 Å². The average Bonchev–Trinajstić information content (AvgIpc) is 3.26. The zero-order valence-corrected chi connectivity index (χ0v) is 17.1. The quantitative estimate of drug-likeness (QED) is 0.846. The molecule has 1 spiro atoms. The first-order valence-electron chi connectivity index (χ1n) is 10.3. The van der Waals surface area contributed by atoms with E-state index >= 15 is 0 Å². The van der Waals surface area contributed by atoms with Crippen LogP contribution in [0, 0.1) is 11.3 Å². The molecule has 1 aliphatic heterocycles. The van der Waals surface area contributed by atoms with Crippen LogP contribution in [0.4, 0.5) is 10.5 Å². The van der Waals surface area contributed by atoms with Crippen LogP contribution in [0.3, 0.4) is 0 Å². The second-order valence-corrected chi connectivity index (χ2v) is 8.29. The number of pyridine rings is 1. The number of hydrogen-bond acceptors (Lipinski definition) is 3. The number of aromatic nitrogens is 1. The van der Waals surface area contributed by atoms with Crippen molar-refractivity contribution in [3.05, 3.63) is 59.9 Å². The van der Waals surface area contributed by atoms with Gasteiger partial charge in [-0.25, -0.2) is 4.79 Å². The van der Waals surface area contributed by atoms with Gasteiger partial charge in [-0.15, -0.1) is 0 Å². The summed E-state index contributed by atoms with van der Waals surface area (Å²) in [6, 6.07) is 13.6. The van der Waals surface area contributed by atoms with Gasteiger partial charge in [-0.2, -0.15) is 0 Å². The van der Waals surface area contributed by atoms with Crippen molar-refractivity contribution in [3.8, 4) is 0 Å². The first-order chi connectivity index (χ1) is 14.0. The van der Waals surface area contributed by atoms with Crippen LogP contribution in [-0.4, -0.2) is 46.9 Å². The Morgan fingerprint density at radius 1 is 1.28 bits per heavy atom. The SMILES string of the molecule is CCc1cccc(NC(=O)N2CC[C@]3(C[C@H]3C(=O)N(C)Cc3ccccn3)C2)c1. The van der Waals surface area contributed by atoms with Crippen molar-refractivity contribution in [2.24, 2.45) is 11.3 Å². The van der Waals surface area contributed by atoms with E-state index in [1.165, 1.54) is 5.56 Å². The maximum Gasteiger partial charge on any atom is 0.321 e. The summed E-state index contributed by atoms with van der Waals surface area (Å²) in [6.45, 7) is 3.97. The van der Waals surface area contributed by atoms with Gasteiger partial charge >= 0.3 is 6.03 Å². The minimum Gasteiger partial charge on any atom is -0.340 e. The summed E-state index contributed by atoms with van der Waals surface area (Å²) in [4.78, 5) is 33.5. The van der Waals surface area contributed by atoms with Crippen LogP contribution in [0.1, 0.15) is 31.0 Å². The van der Waals surface area contributed by atoms with E-state index in [1.807, 2.05) is 48.3 Å². The van der Waals surface area contributed by atoms with E-state index in [2.05, 4.69) is 23.3 Å². The maximum atomic E-state index is 12.9. The van der Waals surface area contributed by atoms with Gasteiger partial charge in [0.25, 0.3) is 0 Å². The zero-order valence-electron chi connectivity index (χ0n) is 17.1. The van der Waals surface area contributed by atoms with Crippen molar-refractivity contribution in [3.63, 3.8) is 0 Å². The number of aryl methyl sites for hydroxylation is 1. The van der Waals surface area contributed by atoms with E-state index in [4.69, 9.17) is 0 Å². The number of carbonyl (C=O) groups is 2. The van der Waals surface area contributed by atoms with Crippen molar-refractivity contribution < 1.29 is 9.59 Å². The first-order valence-corrected chi connectivity index (χ1v) is 10.3. The lowest BCUT2D eigenvalue weighted by Crippen LogP contribution is -2.34. The van der Waals surface area contributed by atoms with Crippen molar-refractivity contribution in [1.29, 1.82) is 0 Å². The molecule has 4 rings (SSSR count). The van der Waals surface area contributed by atoms with Gasteiger partial charge in [0.2, 0.25) is 5.91 Å². The lowest BCUT2D eigenvalue weighted by molar-refractivity contribution is -0.132. The molecular weight excluding hydrogens is 364 g/mol. The van der Waals surface area contributed by atoms with Crippen LogP contribution in [0.5, 0.6) is 0 Å². The molecule has 2 heterocycles. The van der Waals surface area contributed by atoms with Gasteiger partial charge in [-0.3, -0.25) is 9.78 Å².